The lowest BCUT2D eigenvalue weighted by atomic mass is 10.1. The first-order valence-electron chi connectivity index (χ1n) is 6.20. The lowest BCUT2D eigenvalue weighted by molar-refractivity contribution is -0.141. The number of carboxylic acids is 1. The summed E-state index contributed by atoms with van der Waals surface area (Å²) in [6.07, 6.45) is 0. The van der Waals surface area contributed by atoms with E-state index in [1.54, 1.807) is 21.1 Å². The molecule has 112 valence electrons. The maximum Gasteiger partial charge on any atom is 0.307 e. The average molecular weight is 346 g/mol. The van der Waals surface area contributed by atoms with Gasteiger partial charge < -0.3 is 19.5 Å². The van der Waals surface area contributed by atoms with Gasteiger partial charge in [-0.05, 0) is 24.7 Å². The quantitative estimate of drug-likeness (QED) is 0.823. The van der Waals surface area contributed by atoms with Crippen LogP contribution in [-0.2, 0) is 11.3 Å². The summed E-state index contributed by atoms with van der Waals surface area (Å²) in [5.41, 5.74) is 1.02. The molecule has 1 N–H and O–H groups in total. The maximum absolute atomic E-state index is 10.9. The van der Waals surface area contributed by atoms with E-state index in [2.05, 4.69) is 15.9 Å². The van der Waals surface area contributed by atoms with E-state index in [-0.39, 0.29) is 0 Å². The number of carbonyl (C=O) groups is 1. The monoisotopic (exact) mass is 345 g/mol. The van der Waals surface area contributed by atoms with Gasteiger partial charge in [0.2, 0.25) is 0 Å². The minimum Gasteiger partial charge on any atom is -0.493 e. The third-order valence-electron chi connectivity index (χ3n) is 3.00. The first kappa shape index (κ1) is 16.8. The molecule has 1 rings (SSSR count). The van der Waals surface area contributed by atoms with Crippen LogP contribution in [0.2, 0.25) is 0 Å². The smallest absolute Gasteiger partial charge is 0.307 e. The Bertz CT molecular complexity index is 478. The van der Waals surface area contributed by atoms with E-state index in [4.69, 9.17) is 14.6 Å². The molecule has 1 atom stereocenters. The van der Waals surface area contributed by atoms with Crippen molar-refractivity contribution in [2.24, 2.45) is 5.92 Å². The molecule has 0 aliphatic carbocycles. The van der Waals surface area contributed by atoms with Gasteiger partial charge in [0.05, 0.1) is 20.1 Å². The highest BCUT2D eigenvalue weighted by Crippen LogP contribution is 2.33. The number of carboxylic acid groups (broad SMARTS) is 1. The van der Waals surface area contributed by atoms with E-state index in [0.717, 1.165) is 10.0 Å². The van der Waals surface area contributed by atoms with Crippen molar-refractivity contribution in [1.29, 1.82) is 0 Å². The Kier molecular flexibility index (Phi) is 6.29. The Balaban J connectivity index is 2.84. The van der Waals surface area contributed by atoms with Crippen molar-refractivity contribution in [2.45, 2.75) is 13.5 Å². The van der Waals surface area contributed by atoms with E-state index >= 15 is 0 Å². The molecule has 1 unspecified atom stereocenters. The summed E-state index contributed by atoms with van der Waals surface area (Å²) in [6, 6.07) is 3.74. The van der Waals surface area contributed by atoms with Crippen molar-refractivity contribution in [3.05, 3.63) is 22.2 Å². The zero-order valence-electron chi connectivity index (χ0n) is 12.1. The summed E-state index contributed by atoms with van der Waals surface area (Å²) < 4.78 is 11.4. The molecule has 0 saturated carbocycles. The van der Waals surface area contributed by atoms with Crippen LogP contribution in [0.1, 0.15) is 12.5 Å². The molecular weight excluding hydrogens is 326 g/mol. The normalized spacial score (nSPS) is 12.3. The third kappa shape index (κ3) is 4.38. The highest BCUT2D eigenvalue weighted by atomic mass is 79.9. The maximum atomic E-state index is 10.9. The van der Waals surface area contributed by atoms with Crippen molar-refractivity contribution in [3.63, 3.8) is 0 Å². The van der Waals surface area contributed by atoms with Crippen LogP contribution in [0.3, 0.4) is 0 Å². The summed E-state index contributed by atoms with van der Waals surface area (Å²) in [6.45, 7) is 2.80. The average Bonchev–Trinajstić information content (AvgIpc) is 2.40. The Morgan fingerprint density at radius 1 is 1.35 bits per heavy atom. The summed E-state index contributed by atoms with van der Waals surface area (Å²) >= 11 is 3.50. The fraction of sp³-hybridized carbons (Fsp3) is 0.500. The lowest BCUT2D eigenvalue weighted by Crippen LogP contribution is -2.28. The van der Waals surface area contributed by atoms with Gasteiger partial charge in [-0.1, -0.05) is 22.9 Å². The number of benzene rings is 1. The first-order valence-corrected chi connectivity index (χ1v) is 7.00. The number of ether oxygens (including phenoxy) is 2. The molecule has 5 nitrogen and oxygen atoms in total. The van der Waals surface area contributed by atoms with Gasteiger partial charge in [0.1, 0.15) is 0 Å². The topological polar surface area (TPSA) is 59.0 Å². The number of nitrogens with zero attached hydrogens (tertiary/aromatic N) is 1. The van der Waals surface area contributed by atoms with Gasteiger partial charge in [0.25, 0.3) is 0 Å². The Morgan fingerprint density at radius 2 is 1.90 bits per heavy atom. The molecule has 0 aliphatic rings. The van der Waals surface area contributed by atoms with Crippen LogP contribution in [0.25, 0.3) is 0 Å². The minimum atomic E-state index is -0.789. The molecule has 0 radical (unpaired) electrons. The second-order valence-electron chi connectivity index (χ2n) is 4.73. The fourth-order valence-electron chi connectivity index (χ4n) is 1.92. The molecule has 20 heavy (non-hydrogen) atoms. The van der Waals surface area contributed by atoms with Gasteiger partial charge in [-0.3, -0.25) is 4.79 Å². The highest BCUT2D eigenvalue weighted by Gasteiger charge is 2.16. The SMILES string of the molecule is COc1cc(Br)c(CN(C)CC(C)C(=O)O)cc1OC. The van der Waals surface area contributed by atoms with Crippen molar-refractivity contribution in [3.8, 4) is 11.5 Å². The Hall–Kier alpha value is -1.27. The van der Waals surface area contributed by atoms with Crippen molar-refractivity contribution in [1.82, 2.24) is 4.90 Å². The minimum absolute atomic E-state index is 0.404. The van der Waals surface area contributed by atoms with Crippen LogP contribution in [0.4, 0.5) is 0 Å². The first-order chi connectivity index (χ1) is 9.38. The van der Waals surface area contributed by atoms with Crippen LogP contribution < -0.4 is 9.47 Å². The van der Waals surface area contributed by atoms with Crippen LogP contribution >= 0.6 is 15.9 Å². The molecule has 0 fully saturated rings. The predicted octanol–water partition coefficient (Wildman–Crippen LogP) is 2.62. The van der Waals surface area contributed by atoms with Crippen LogP contribution in [-0.4, -0.2) is 43.8 Å². The third-order valence-corrected chi connectivity index (χ3v) is 3.74. The van der Waals surface area contributed by atoms with E-state index < -0.39 is 11.9 Å². The second-order valence-corrected chi connectivity index (χ2v) is 5.59. The molecule has 0 bridgehead atoms. The molecular formula is C14H20BrNO4. The summed E-state index contributed by atoms with van der Waals surface area (Å²) in [7, 11) is 5.07. The Labute approximate surface area is 127 Å². The standard InChI is InChI=1S/C14H20BrNO4/c1-9(14(17)18)7-16(2)8-10-5-12(19-3)13(20-4)6-11(10)15/h5-6,9H,7-8H2,1-4H3,(H,17,18). The van der Waals surface area contributed by atoms with Gasteiger partial charge in [0.15, 0.2) is 11.5 Å². The molecule has 1 aromatic carbocycles. The lowest BCUT2D eigenvalue weighted by Gasteiger charge is -2.20. The van der Waals surface area contributed by atoms with Gasteiger partial charge in [-0.15, -0.1) is 0 Å². The second kappa shape index (κ2) is 7.50. The number of rotatable bonds is 7. The molecule has 0 aliphatic heterocycles. The molecule has 0 spiro atoms. The largest absolute Gasteiger partial charge is 0.493 e. The van der Waals surface area contributed by atoms with E-state index in [1.165, 1.54) is 0 Å². The van der Waals surface area contributed by atoms with Crippen molar-refractivity contribution >= 4 is 21.9 Å². The number of aliphatic carboxylic acids is 1. The van der Waals surface area contributed by atoms with Crippen molar-refractivity contribution in [2.75, 3.05) is 27.8 Å². The van der Waals surface area contributed by atoms with Gasteiger partial charge in [-0.2, -0.15) is 0 Å². The fourth-order valence-corrected chi connectivity index (χ4v) is 2.37. The Morgan fingerprint density at radius 3 is 2.40 bits per heavy atom. The van der Waals surface area contributed by atoms with Gasteiger partial charge in [0, 0.05) is 17.6 Å². The number of hydrogen-bond donors (Lipinski definition) is 1. The number of methoxy groups -OCH3 is 2. The van der Waals surface area contributed by atoms with E-state index in [9.17, 15) is 4.79 Å². The van der Waals surface area contributed by atoms with Gasteiger partial charge >= 0.3 is 5.97 Å². The van der Waals surface area contributed by atoms with Crippen LogP contribution in [0, 0.1) is 5.92 Å². The molecule has 6 heteroatoms. The summed E-state index contributed by atoms with van der Waals surface area (Å²) in [4.78, 5) is 12.8. The highest BCUT2D eigenvalue weighted by molar-refractivity contribution is 9.10. The van der Waals surface area contributed by atoms with Crippen LogP contribution in [0.5, 0.6) is 11.5 Å². The molecule has 0 saturated heterocycles. The van der Waals surface area contributed by atoms with Crippen molar-refractivity contribution < 1.29 is 19.4 Å². The van der Waals surface area contributed by atoms with E-state index in [0.29, 0.717) is 24.6 Å². The predicted molar refractivity (Wildman–Crippen MR) is 80.4 cm³/mol. The zero-order chi connectivity index (χ0) is 15.3. The summed E-state index contributed by atoms with van der Waals surface area (Å²) in [5, 5.41) is 8.93. The number of hydrogen-bond acceptors (Lipinski definition) is 4. The molecule has 0 aromatic heterocycles. The van der Waals surface area contributed by atoms with E-state index in [1.807, 2.05) is 24.1 Å². The number of halogens is 1. The zero-order valence-corrected chi connectivity index (χ0v) is 13.7. The van der Waals surface area contributed by atoms with Crippen LogP contribution in [0.15, 0.2) is 16.6 Å². The molecule has 0 amide bonds. The molecule has 1 aromatic rings. The molecule has 0 heterocycles. The van der Waals surface area contributed by atoms with Gasteiger partial charge in [-0.25, -0.2) is 0 Å². The summed E-state index contributed by atoms with van der Waals surface area (Å²) in [5.74, 6) is 0.122.